The van der Waals surface area contributed by atoms with Gasteiger partial charge in [-0.1, -0.05) is 36.4 Å². The second kappa shape index (κ2) is 4.92. The molecule has 2 aromatic carbocycles. The summed E-state index contributed by atoms with van der Waals surface area (Å²) < 4.78 is 5.60. The van der Waals surface area contributed by atoms with Gasteiger partial charge in [0.15, 0.2) is 0 Å². The van der Waals surface area contributed by atoms with Crippen LogP contribution in [0.5, 0.6) is 0 Å². The van der Waals surface area contributed by atoms with E-state index in [4.69, 9.17) is 4.74 Å². The lowest BCUT2D eigenvalue weighted by molar-refractivity contribution is 0.353. The summed E-state index contributed by atoms with van der Waals surface area (Å²) in [7, 11) is 0. The van der Waals surface area contributed by atoms with E-state index in [9.17, 15) is 0 Å². The maximum Gasteiger partial charge on any atom is 0.297 e. The van der Waals surface area contributed by atoms with E-state index in [0.29, 0.717) is 12.6 Å². The Morgan fingerprint density at radius 3 is 2.28 bits per heavy atom. The number of hydrogen-bond donors (Lipinski definition) is 0. The Morgan fingerprint density at radius 2 is 1.56 bits per heavy atom. The zero-order valence-corrected chi connectivity index (χ0v) is 9.99. The quantitative estimate of drug-likeness (QED) is 0.802. The summed E-state index contributed by atoms with van der Waals surface area (Å²) in [5, 5.41) is 0. The summed E-state index contributed by atoms with van der Waals surface area (Å²) in [5.74, 6) is 0. The number of anilines is 1. The van der Waals surface area contributed by atoms with Crippen molar-refractivity contribution in [3.63, 3.8) is 0 Å². The molecule has 0 bridgehead atoms. The van der Waals surface area contributed by atoms with Crippen molar-refractivity contribution in [1.82, 2.24) is 0 Å². The average molecular weight is 238 g/mol. The number of nitrogens with zero attached hydrogens (tertiary/aromatic N) is 2. The van der Waals surface area contributed by atoms with Gasteiger partial charge in [0, 0.05) is 5.69 Å². The number of para-hydroxylation sites is 2. The van der Waals surface area contributed by atoms with Gasteiger partial charge in [-0.3, -0.25) is 4.90 Å². The van der Waals surface area contributed by atoms with E-state index in [2.05, 4.69) is 22.0 Å². The van der Waals surface area contributed by atoms with Crippen LogP contribution in [0, 0.1) is 0 Å². The molecule has 1 heterocycles. The molecule has 3 nitrogen and oxygen atoms in total. The van der Waals surface area contributed by atoms with E-state index in [-0.39, 0.29) is 0 Å². The average Bonchev–Trinajstić information content (AvgIpc) is 2.89. The van der Waals surface area contributed by atoms with Crippen molar-refractivity contribution in [2.24, 2.45) is 4.99 Å². The summed E-state index contributed by atoms with van der Waals surface area (Å²) in [5.41, 5.74) is 2.03. The first-order valence-electron chi connectivity index (χ1n) is 6.02. The smallest absolute Gasteiger partial charge is 0.297 e. The molecule has 0 aromatic heterocycles. The number of hydrogen-bond acceptors (Lipinski definition) is 2. The van der Waals surface area contributed by atoms with E-state index in [1.165, 1.54) is 0 Å². The number of rotatable bonds is 2. The normalized spacial score (nSPS) is 16.9. The molecule has 1 saturated heterocycles. The van der Waals surface area contributed by atoms with Crippen LogP contribution in [0.3, 0.4) is 0 Å². The van der Waals surface area contributed by atoms with Crippen LogP contribution in [0.15, 0.2) is 65.7 Å². The fourth-order valence-electron chi connectivity index (χ4n) is 1.95. The van der Waals surface area contributed by atoms with Crippen LogP contribution in [0.2, 0.25) is 0 Å². The zero-order chi connectivity index (χ0) is 12.2. The Hall–Kier alpha value is -2.29. The second-order valence-corrected chi connectivity index (χ2v) is 4.07. The van der Waals surface area contributed by atoms with Gasteiger partial charge in [0.2, 0.25) is 0 Å². The van der Waals surface area contributed by atoms with Gasteiger partial charge in [-0.15, -0.1) is 0 Å². The molecule has 0 amide bonds. The van der Waals surface area contributed by atoms with Crippen LogP contribution >= 0.6 is 0 Å². The van der Waals surface area contributed by atoms with Crippen molar-refractivity contribution in [3.8, 4) is 0 Å². The molecular weight excluding hydrogens is 224 g/mol. The van der Waals surface area contributed by atoms with Crippen molar-refractivity contribution in [3.05, 3.63) is 60.7 Å². The molecule has 0 spiro atoms. The van der Waals surface area contributed by atoms with Crippen molar-refractivity contribution in [2.45, 2.75) is 0 Å². The minimum atomic E-state index is 0.674. The van der Waals surface area contributed by atoms with E-state index >= 15 is 0 Å². The second-order valence-electron chi connectivity index (χ2n) is 4.07. The SMILES string of the molecule is c1ccc(/N=C2\OCCN2c2ccccc2)cc1. The number of aliphatic imine (C=N–C) groups is 1. The van der Waals surface area contributed by atoms with Gasteiger partial charge in [0.05, 0.1) is 12.2 Å². The topological polar surface area (TPSA) is 24.8 Å². The van der Waals surface area contributed by atoms with Crippen LogP contribution < -0.4 is 4.90 Å². The van der Waals surface area contributed by atoms with Gasteiger partial charge in [0.1, 0.15) is 6.61 Å². The summed E-state index contributed by atoms with van der Waals surface area (Å²) in [6.07, 6.45) is 0. The molecule has 1 aliphatic heterocycles. The molecule has 2 aromatic rings. The molecule has 3 heteroatoms. The maximum absolute atomic E-state index is 5.60. The van der Waals surface area contributed by atoms with Crippen LogP contribution in [0.4, 0.5) is 11.4 Å². The summed E-state index contributed by atoms with van der Waals surface area (Å²) in [6.45, 7) is 1.52. The molecule has 0 saturated carbocycles. The molecule has 0 unspecified atom stereocenters. The molecule has 1 aliphatic rings. The maximum atomic E-state index is 5.60. The van der Waals surface area contributed by atoms with E-state index in [0.717, 1.165) is 17.9 Å². The Bertz CT molecular complexity index is 537. The number of amidine groups is 1. The molecule has 0 N–H and O–H groups in total. The first kappa shape index (κ1) is 10.8. The minimum absolute atomic E-state index is 0.674. The highest BCUT2D eigenvalue weighted by atomic mass is 16.5. The van der Waals surface area contributed by atoms with Crippen LogP contribution in [0.25, 0.3) is 0 Å². The van der Waals surface area contributed by atoms with Crippen LogP contribution in [-0.2, 0) is 4.74 Å². The summed E-state index contributed by atoms with van der Waals surface area (Å²) >= 11 is 0. The largest absolute Gasteiger partial charge is 0.463 e. The number of ether oxygens (including phenoxy) is 1. The van der Waals surface area contributed by atoms with Crippen LogP contribution in [-0.4, -0.2) is 19.2 Å². The van der Waals surface area contributed by atoms with Gasteiger partial charge in [-0.05, 0) is 24.3 Å². The first-order chi connectivity index (χ1) is 8.93. The molecule has 1 fully saturated rings. The molecule has 18 heavy (non-hydrogen) atoms. The Kier molecular flexibility index (Phi) is 2.96. The predicted octanol–water partition coefficient (Wildman–Crippen LogP) is 3.21. The van der Waals surface area contributed by atoms with Gasteiger partial charge >= 0.3 is 0 Å². The fourth-order valence-corrected chi connectivity index (χ4v) is 1.95. The Balaban J connectivity index is 1.90. The highest BCUT2D eigenvalue weighted by molar-refractivity contribution is 5.94. The molecule has 0 atom stereocenters. The van der Waals surface area contributed by atoms with Gasteiger partial charge in [0.25, 0.3) is 6.02 Å². The minimum Gasteiger partial charge on any atom is -0.463 e. The van der Waals surface area contributed by atoms with Gasteiger partial charge < -0.3 is 4.74 Å². The predicted molar refractivity (Wildman–Crippen MR) is 73.3 cm³/mol. The van der Waals surface area contributed by atoms with Crippen LogP contribution in [0.1, 0.15) is 0 Å². The number of benzene rings is 2. The monoisotopic (exact) mass is 238 g/mol. The zero-order valence-electron chi connectivity index (χ0n) is 9.99. The fraction of sp³-hybridized carbons (Fsp3) is 0.133. The van der Waals surface area contributed by atoms with Gasteiger partial charge in [-0.2, -0.15) is 4.99 Å². The molecule has 0 aliphatic carbocycles. The van der Waals surface area contributed by atoms with Gasteiger partial charge in [-0.25, -0.2) is 0 Å². The highest BCUT2D eigenvalue weighted by Gasteiger charge is 2.21. The molecule has 3 rings (SSSR count). The lowest BCUT2D eigenvalue weighted by Crippen LogP contribution is -2.24. The Morgan fingerprint density at radius 1 is 0.889 bits per heavy atom. The van der Waals surface area contributed by atoms with E-state index < -0.39 is 0 Å². The Labute approximate surface area is 106 Å². The van der Waals surface area contributed by atoms with E-state index in [1.54, 1.807) is 0 Å². The molecule has 90 valence electrons. The lowest BCUT2D eigenvalue weighted by Gasteiger charge is -2.15. The molecular formula is C15H14N2O. The van der Waals surface area contributed by atoms with E-state index in [1.807, 2.05) is 48.5 Å². The van der Waals surface area contributed by atoms with Crippen molar-refractivity contribution >= 4 is 17.4 Å². The van der Waals surface area contributed by atoms with Crippen molar-refractivity contribution in [2.75, 3.05) is 18.1 Å². The molecule has 0 radical (unpaired) electrons. The standard InChI is InChI=1S/C15H14N2O/c1-3-7-13(8-4-1)16-15-17(11-12-18-15)14-9-5-2-6-10-14/h1-10H,11-12H2/b16-15-. The summed E-state index contributed by atoms with van der Waals surface area (Å²) in [4.78, 5) is 6.63. The highest BCUT2D eigenvalue weighted by Crippen LogP contribution is 2.20. The van der Waals surface area contributed by atoms with Crippen molar-refractivity contribution < 1.29 is 4.74 Å². The third-order valence-electron chi connectivity index (χ3n) is 2.83. The first-order valence-corrected chi connectivity index (χ1v) is 6.02. The third-order valence-corrected chi connectivity index (χ3v) is 2.83. The third kappa shape index (κ3) is 2.20. The lowest BCUT2D eigenvalue weighted by atomic mass is 10.3. The summed E-state index contributed by atoms with van der Waals surface area (Å²) in [6, 6.07) is 20.7. The van der Waals surface area contributed by atoms with Crippen molar-refractivity contribution in [1.29, 1.82) is 0 Å².